The van der Waals surface area contributed by atoms with Gasteiger partial charge in [-0.1, -0.05) is 69.3 Å². The molecule has 1 amide bonds. The van der Waals surface area contributed by atoms with E-state index >= 15 is 0 Å². The van der Waals surface area contributed by atoms with Gasteiger partial charge in [0.25, 0.3) is 8.32 Å². The van der Waals surface area contributed by atoms with Gasteiger partial charge in [0.15, 0.2) is 0 Å². The van der Waals surface area contributed by atoms with E-state index in [2.05, 4.69) is 82.6 Å². The minimum Gasteiger partial charge on any atom is -0.543 e. The van der Waals surface area contributed by atoms with Crippen LogP contribution in [0.3, 0.4) is 0 Å². The van der Waals surface area contributed by atoms with Crippen molar-refractivity contribution in [3.05, 3.63) is 77.4 Å². The van der Waals surface area contributed by atoms with Crippen LogP contribution in [0.5, 0.6) is 5.75 Å². The van der Waals surface area contributed by atoms with E-state index in [0.29, 0.717) is 25.9 Å². The monoisotopic (exact) mass is 527 g/mol. The fourth-order valence-electron chi connectivity index (χ4n) is 4.52. The number of anilines is 1. The summed E-state index contributed by atoms with van der Waals surface area (Å²) in [6, 6.07) is 20.6. The lowest BCUT2D eigenvalue weighted by atomic mass is 10.0. The number of aromatic nitrogens is 1. The maximum Gasteiger partial charge on any atom is 0.250 e. The van der Waals surface area contributed by atoms with Crippen LogP contribution in [0.15, 0.2) is 60.7 Å². The van der Waals surface area contributed by atoms with Crippen LogP contribution in [0.1, 0.15) is 43.9 Å². The fourth-order valence-corrected chi connectivity index (χ4v) is 5.66. The number of nitrogens with one attached hydrogen (secondary N) is 2. The molecule has 0 atom stereocenters. The highest BCUT2D eigenvalue weighted by molar-refractivity contribution is 6.74. The lowest BCUT2D eigenvalue weighted by Crippen LogP contribution is -2.44. The maximum atomic E-state index is 12.6. The number of carbonyl (C=O) groups excluding carboxylic acids is 1. The topological polar surface area (TPSA) is 63.2 Å². The number of carbonyl (C=O) groups is 1. The first-order valence-corrected chi connectivity index (χ1v) is 16.4. The third-order valence-electron chi connectivity index (χ3n) is 7.66. The van der Waals surface area contributed by atoms with Crippen LogP contribution >= 0.6 is 0 Å². The minimum atomic E-state index is -1.91. The van der Waals surface area contributed by atoms with Gasteiger partial charge in [-0.05, 0) is 67.2 Å². The predicted molar refractivity (Wildman–Crippen MR) is 163 cm³/mol. The molecule has 6 heteroatoms. The standard InChI is InChI=1S/C32H41N3O2Si/c1-22-20-24(21-23(2)31(22)37-38(6,7)32(3,4)5)16-17-29(36)33-18-19-34-30-25-12-8-10-14-27(25)35-28-15-11-9-13-26(28)30/h8-15,20-21H,16-19H2,1-7H3,(H,33,36)(H,34,35). The Morgan fingerprint density at radius 3 is 2.00 bits per heavy atom. The van der Waals surface area contributed by atoms with Gasteiger partial charge in [-0.2, -0.15) is 0 Å². The molecule has 0 aliphatic heterocycles. The maximum absolute atomic E-state index is 12.6. The second-order valence-corrected chi connectivity index (χ2v) is 16.4. The number of rotatable bonds is 9. The lowest BCUT2D eigenvalue weighted by molar-refractivity contribution is -0.120. The van der Waals surface area contributed by atoms with Gasteiger partial charge in [-0.25, -0.2) is 4.98 Å². The van der Waals surface area contributed by atoms with Crippen molar-refractivity contribution in [2.45, 2.75) is 65.6 Å². The smallest absolute Gasteiger partial charge is 0.250 e. The Morgan fingerprint density at radius 2 is 1.45 bits per heavy atom. The highest BCUT2D eigenvalue weighted by Gasteiger charge is 2.39. The Hall–Kier alpha value is -3.38. The molecule has 200 valence electrons. The molecule has 0 fully saturated rings. The first kappa shape index (κ1) is 27.6. The van der Waals surface area contributed by atoms with Crippen LogP contribution in [-0.2, 0) is 11.2 Å². The zero-order valence-electron chi connectivity index (χ0n) is 23.9. The zero-order chi connectivity index (χ0) is 27.5. The number of fused-ring (bicyclic) bond motifs is 2. The van der Waals surface area contributed by atoms with Crippen LogP contribution in [-0.4, -0.2) is 32.3 Å². The number of nitrogens with zero attached hydrogens (tertiary/aromatic N) is 1. The van der Waals surface area contributed by atoms with E-state index in [1.54, 1.807) is 0 Å². The molecule has 0 aliphatic rings. The quantitative estimate of drug-likeness (QED) is 0.134. The molecule has 0 unspecified atom stereocenters. The van der Waals surface area contributed by atoms with Crippen LogP contribution < -0.4 is 15.1 Å². The summed E-state index contributed by atoms with van der Waals surface area (Å²) >= 11 is 0. The van der Waals surface area contributed by atoms with Crippen molar-refractivity contribution in [1.29, 1.82) is 0 Å². The molecule has 1 aromatic heterocycles. The molecule has 0 bridgehead atoms. The van der Waals surface area contributed by atoms with Gasteiger partial charge in [0.05, 0.1) is 16.7 Å². The largest absolute Gasteiger partial charge is 0.543 e. The summed E-state index contributed by atoms with van der Waals surface area (Å²) in [7, 11) is -1.91. The molecule has 0 spiro atoms. The number of para-hydroxylation sites is 2. The summed E-state index contributed by atoms with van der Waals surface area (Å²) in [4.78, 5) is 17.4. The highest BCUT2D eigenvalue weighted by atomic mass is 28.4. The Morgan fingerprint density at radius 1 is 0.895 bits per heavy atom. The highest BCUT2D eigenvalue weighted by Crippen LogP contribution is 2.39. The summed E-state index contributed by atoms with van der Waals surface area (Å²) in [5.74, 6) is 1.07. The molecule has 5 nitrogen and oxygen atoms in total. The Bertz CT molecular complexity index is 1380. The van der Waals surface area contributed by atoms with E-state index in [0.717, 1.165) is 44.4 Å². The van der Waals surface area contributed by atoms with Crippen LogP contribution in [0.25, 0.3) is 21.8 Å². The van der Waals surface area contributed by atoms with Crippen molar-refractivity contribution in [3.8, 4) is 5.75 Å². The van der Waals surface area contributed by atoms with E-state index in [1.165, 1.54) is 5.56 Å². The minimum absolute atomic E-state index is 0.0631. The third kappa shape index (κ3) is 6.18. The molecule has 38 heavy (non-hydrogen) atoms. The predicted octanol–water partition coefficient (Wildman–Crippen LogP) is 7.55. The Labute approximate surface area is 228 Å². The van der Waals surface area contributed by atoms with Crippen molar-refractivity contribution in [1.82, 2.24) is 10.3 Å². The van der Waals surface area contributed by atoms with Gasteiger partial charge in [0.1, 0.15) is 5.75 Å². The average molecular weight is 528 g/mol. The number of aryl methyl sites for hydroxylation is 3. The Kier molecular flexibility index (Phi) is 8.12. The molecule has 0 aliphatic carbocycles. The molecule has 0 saturated heterocycles. The number of benzene rings is 3. The molecular formula is C32H41N3O2Si. The van der Waals surface area contributed by atoms with E-state index in [9.17, 15) is 4.79 Å². The van der Waals surface area contributed by atoms with Crippen molar-refractivity contribution < 1.29 is 9.22 Å². The average Bonchev–Trinajstić information content (AvgIpc) is 2.86. The van der Waals surface area contributed by atoms with E-state index in [-0.39, 0.29) is 10.9 Å². The Balaban J connectivity index is 1.32. The second kappa shape index (κ2) is 11.2. The van der Waals surface area contributed by atoms with Gasteiger partial charge in [-0.15, -0.1) is 0 Å². The van der Waals surface area contributed by atoms with Gasteiger partial charge >= 0.3 is 0 Å². The zero-order valence-corrected chi connectivity index (χ0v) is 24.9. The van der Waals surface area contributed by atoms with Crippen molar-refractivity contribution in [3.63, 3.8) is 0 Å². The van der Waals surface area contributed by atoms with Crippen molar-refractivity contribution in [2.24, 2.45) is 0 Å². The second-order valence-electron chi connectivity index (χ2n) is 11.7. The summed E-state index contributed by atoms with van der Waals surface area (Å²) in [6.45, 7) is 16.7. The first-order valence-electron chi connectivity index (χ1n) is 13.5. The molecule has 0 saturated carbocycles. The molecule has 4 rings (SSSR count). The molecule has 0 radical (unpaired) electrons. The normalized spacial score (nSPS) is 12.1. The van der Waals surface area contributed by atoms with Crippen molar-refractivity contribution >= 4 is 41.7 Å². The summed E-state index contributed by atoms with van der Waals surface area (Å²) in [5.41, 5.74) is 6.45. The van der Waals surface area contributed by atoms with Crippen LogP contribution in [0, 0.1) is 13.8 Å². The van der Waals surface area contributed by atoms with Gasteiger partial charge < -0.3 is 15.1 Å². The van der Waals surface area contributed by atoms with Gasteiger partial charge in [0.2, 0.25) is 5.91 Å². The number of amides is 1. The number of hydrogen-bond acceptors (Lipinski definition) is 4. The van der Waals surface area contributed by atoms with Gasteiger partial charge in [-0.3, -0.25) is 4.79 Å². The molecular weight excluding hydrogens is 486 g/mol. The van der Waals surface area contributed by atoms with Crippen LogP contribution in [0.2, 0.25) is 18.1 Å². The number of pyridine rings is 1. The van der Waals surface area contributed by atoms with E-state index in [4.69, 9.17) is 9.41 Å². The third-order valence-corrected chi connectivity index (χ3v) is 12.0. The summed E-state index contributed by atoms with van der Waals surface area (Å²) in [6.07, 6.45) is 1.17. The van der Waals surface area contributed by atoms with E-state index in [1.807, 2.05) is 36.4 Å². The molecule has 2 N–H and O–H groups in total. The van der Waals surface area contributed by atoms with Gasteiger partial charge in [0, 0.05) is 30.3 Å². The molecule has 3 aromatic carbocycles. The number of hydrogen-bond donors (Lipinski definition) is 2. The van der Waals surface area contributed by atoms with Crippen molar-refractivity contribution in [2.75, 3.05) is 18.4 Å². The SMILES string of the molecule is Cc1cc(CCC(=O)NCCNc2c3ccccc3nc3ccccc23)cc(C)c1O[Si](C)(C)C(C)(C)C. The summed E-state index contributed by atoms with van der Waals surface area (Å²) < 4.78 is 6.61. The molecule has 1 heterocycles. The first-order chi connectivity index (χ1) is 18.0. The van der Waals surface area contributed by atoms with Crippen LogP contribution in [0.4, 0.5) is 5.69 Å². The summed E-state index contributed by atoms with van der Waals surface area (Å²) in [5, 5.41) is 8.94. The molecule has 4 aromatic rings. The lowest BCUT2D eigenvalue weighted by Gasteiger charge is -2.37. The van der Waals surface area contributed by atoms with E-state index < -0.39 is 8.32 Å². The fraction of sp³-hybridized carbons (Fsp3) is 0.375.